The number of amides is 1. The summed E-state index contributed by atoms with van der Waals surface area (Å²) in [6, 6.07) is 3.52. The first kappa shape index (κ1) is 13.1. The topological polar surface area (TPSA) is 62.5 Å². The normalized spacial score (nSPS) is 19.3. The van der Waals surface area contributed by atoms with E-state index in [0.717, 1.165) is 12.8 Å². The minimum Gasteiger partial charge on any atom is -0.466 e. The van der Waals surface area contributed by atoms with Gasteiger partial charge < -0.3 is 14.8 Å². The summed E-state index contributed by atoms with van der Waals surface area (Å²) in [4.78, 5) is 11.9. The lowest BCUT2D eigenvalue weighted by atomic mass is 9.92. The molecule has 4 heteroatoms. The number of aliphatic hydroxyl groups is 1. The molecule has 1 fully saturated rings. The van der Waals surface area contributed by atoms with Gasteiger partial charge in [-0.05, 0) is 30.9 Å². The van der Waals surface area contributed by atoms with Gasteiger partial charge in [0, 0.05) is 5.41 Å². The zero-order valence-electron chi connectivity index (χ0n) is 11.2. The summed E-state index contributed by atoms with van der Waals surface area (Å²) < 4.78 is 5.32. The number of furan rings is 1. The van der Waals surface area contributed by atoms with E-state index in [4.69, 9.17) is 4.42 Å². The quantitative estimate of drug-likeness (QED) is 0.860. The van der Waals surface area contributed by atoms with Gasteiger partial charge in [0.15, 0.2) is 0 Å². The highest BCUT2D eigenvalue weighted by Crippen LogP contribution is 2.45. The first-order valence-electron chi connectivity index (χ1n) is 6.39. The van der Waals surface area contributed by atoms with Crippen LogP contribution in [0, 0.1) is 11.3 Å². The van der Waals surface area contributed by atoms with Crippen molar-refractivity contribution in [3.8, 4) is 0 Å². The summed E-state index contributed by atoms with van der Waals surface area (Å²) in [6.07, 6.45) is 3.50. The number of hydrogen-bond donors (Lipinski definition) is 2. The van der Waals surface area contributed by atoms with E-state index >= 15 is 0 Å². The van der Waals surface area contributed by atoms with Crippen molar-refractivity contribution >= 4 is 5.91 Å². The maximum Gasteiger partial charge on any atom is 0.225 e. The Kier molecular flexibility index (Phi) is 3.23. The van der Waals surface area contributed by atoms with Gasteiger partial charge in [-0.2, -0.15) is 0 Å². The van der Waals surface area contributed by atoms with E-state index < -0.39 is 11.0 Å². The van der Waals surface area contributed by atoms with Gasteiger partial charge in [0.2, 0.25) is 5.91 Å². The molecule has 1 aromatic rings. The number of rotatable bonds is 4. The van der Waals surface area contributed by atoms with Crippen LogP contribution in [-0.4, -0.2) is 17.6 Å². The molecule has 1 aliphatic rings. The highest BCUT2D eigenvalue weighted by atomic mass is 16.4. The van der Waals surface area contributed by atoms with Crippen LogP contribution in [0.3, 0.4) is 0 Å². The van der Waals surface area contributed by atoms with Crippen molar-refractivity contribution in [1.82, 2.24) is 5.32 Å². The fraction of sp³-hybridized carbons (Fsp3) is 0.643. The molecule has 0 bridgehead atoms. The van der Waals surface area contributed by atoms with Crippen molar-refractivity contribution < 1.29 is 14.3 Å². The molecule has 100 valence electrons. The molecule has 0 aliphatic heterocycles. The van der Waals surface area contributed by atoms with Crippen LogP contribution in [-0.2, 0) is 10.4 Å². The van der Waals surface area contributed by atoms with E-state index in [1.165, 1.54) is 0 Å². The van der Waals surface area contributed by atoms with Crippen LogP contribution in [0.1, 0.15) is 39.4 Å². The zero-order chi connectivity index (χ0) is 13.4. The SMILES string of the molecule is CC(C)(C)C(=O)NC[C@@](O)(c1ccco1)C1CC1. The van der Waals surface area contributed by atoms with E-state index in [1.54, 1.807) is 18.4 Å². The molecule has 1 heterocycles. The molecular formula is C14H21NO3. The van der Waals surface area contributed by atoms with E-state index in [-0.39, 0.29) is 18.4 Å². The number of hydrogen-bond acceptors (Lipinski definition) is 3. The van der Waals surface area contributed by atoms with Crippen LogP contribution in [0.25, 0.3) is 0 Å². The third-order valence-electron chi connectivity index (χ3n) is 3.40. The fourth-order valence-corrected chi connectivity index (χ4v) is 2.00. The fourth-order valence-electron chi connectivity index (χ4n) is 2.00. The largest absolute Gasteiger partial charge is 0.466 e. The Morgan fingerprint density at radius 3 is 2.61 bits per heavy atom. The molecule has 1 atom stereocenters. The van der Waals surface area contributed by atoms with Crippen molar-refractivity contribution in [2.45, 2.75) is 39.2 Å². The lowest BCUT2D eigenvalue weighted by molar-refractivity contribution is -0.130. The number of carbonyl (C=O) groups excluding carboxylic acids is 1. The van der Waals surface area contributed by atoms with Crippen molar-refractivity contribution in [2.24, 2.45) is 11.3 Å². The van der Waals surface area contributed by atoms with Crippen LogP contribution in [0.5, 0.6) is 0 Å². The molecule has 2 N–H and O–H groups in total. The van der Waals surface area contributed by atoms with Gasteiger partial charge in [0.05, 0.1) is 12.8 Å². The Morgan fingerprint density at radius 2 is 2.17 bits per heavy atom. The van der Waals surface area contributed by atoms with Gasteiger partial charge in [-0.15, -0.1) is 0 Å². The van der Waals surface area contributed by atoms with Gasteiger partial charge in [0.25, 0.3) is 0 Å². The summed E-state index contributed by atoms with van der Waals surface area (Å²) in [5.41, 5.74) is -1.52. The van der Waals surface area contributed by atoms with Crippen LogP contribution < -0.4 is 5.32 Å². The molecule has 1 amide bonds. The summed E-state index contributed by atoms with van der Waals surface area (Å²) in [7, 11) is 0. The summed E-state index contributed by atoms with van der Waals surface area (Å²) in [6.45, 7) is 5.77. The monoisotopic (exact) mass is 251 g/mol. The highest BCUT2D eigenvalue weighted by molar-refractivity contribution is 5.81. The number of nitrogens with one attached hydrogen (secondary N) is 1. The molecule has 18 heavy (non-hydrogen) atoms. The van der Waals surface area contributed by atoms with Gasteiger partial charge in [-0.25, -0.2) is 0 Å². The molecule has 2 rings (SSSR count). The van der Waals surface area contributed by atoms with Gasteiger partial charge in [-0.3, -0.25) is 4.79 Å². The Hall–Kier alpha value is -1.29. The zero-order valence-corrected chi connectivity index (χ0v) is 11.2. The molecule has 1 aromatic heterocycles. The Balaban J connectivity index is 2.06. The van der Waals surface area contributed by atoms with E-state index in [2.05, 4.69) is 5.32 Å². The van der Waals surface area contributed by atoms with Gasteiger partial charge in [-0.1, -0.05) is 20.8 Å². The van der Waals surface area contributed by atoms with Gasteiger partial charge in [0.1, 0.15) is 11.4 Å². The van der Waals surface area contributed by atoms with Crippen molar-refractivity contribution in [3.05, 3.63) is 24.2 Å². The third-order valence-corrected chi connectivity index (χ3v) is 3.40. The van der Waals surface area contributed by atoms with Crippen LogP contribution in [0.4, 0.5) is 0 Å². The van der Waals surface area contributed by atoms with Crippen molar-refractivity contribution in [1.29, 1.82) is 0 Å². The Bertz CT molecular complexity index is 415. The minimum absolute atomic E-state index is 0.0619. The van der Waals surface area contributed by atoms with Crippen molar-refractivity contribution in [2.75, 3.05) is 6.54 Å². The summed E-state index contributed by atoms with van der Waals surface area (Å²) >= 11 is 0. The molecule has 0 saturated heterocycles. The summed E-state index contributed by atoms with van der Waals surface area (Å²) in [5, 5.41) is 13.5. The second-order valence-corrected chi connectivity index (χ2v) is 6.11. The lowest BCUT2D eigenvalue weighted by Gasteiger charge is -2.28. The maximum absolute atomic E-state index is 11.9. The number of carbonyl (C=O) groups is 1. The standard InChI is InChI=1S/C14H21NO3/c1-13(2,3)12(16)15-9-14(17,10-6-7-10)11-5-4-8-18-11/h4-5,8,10,17H,6-7,9H2,1-3H3,(H,15,16)/t14-/m0/s1. The molecule has 1 aliphatic carbocycles. The molecule has 4 nitrogen and oxygen atoms in total. The highest BCUT2D eigenvalue weighted by Gasteiger charge is 2.47. The predicted molar refractivity (Wildman–Crippen MR) is 67.8 cm³/mol. The molecule has 0 spiro atoms. The van der Waals surface area contributed by atoms with E-state index in [0.29, 0.717) is 5.76 Å². The van der Waals surface area contributed by atoms with Crippen LogP contribution in [0.15, 0.2) is 22.8 Å². The first-order valence-corrected chi connectivity index (χ1v) is 6.39. The molecule has 0 unspecified atom stereocenters. The molecule has 0 radical (unpaired) electrons. The average Bonchev–Trinajstić information content (AvgIpc) is 3.00. The smallest absolute Gasteiger partial charge is 0.225 e. The van der Waals surface area contributed by atoms with Crippen molar-refractivity contribution in [3.63, 3.8) is 0 Å². The predicted octanol–water partition coefficient (Wildman–Crippen LogP) is 2.04. The van der Waals surface area contributed by atoms with E-state index in [1.807, 2.05) is 20.8 Å². The average molecular weight is 251 g/mol. The van der Waals surface area contributed by atoms with E-state index in [9.17, 15) is 9.90 Å². The third kappa shape index (κ3) is 2.58. The maximum atomic E-state index is 11.9. The first-order chi connectivity index (χ1) is 8.34. The minimum atomic E-state index is -1.07. The molecule has 1 saturated carbocycles. The summed E-state index contributed by atoms with van der Waals surface area (Å²) in [5.74, 6) is 0.663. The van der Waals surface area contributed by atoms with Crippen LogP contribution >= 0.6 is 0 Å². The Labute approximate surface area is 107 Å². The van der Waals surface area contributed by atoms with Gasteiger partial charge >= 0.3 is 0 Å². The molecule has 0 aromatic carbocycles. The molecular weight excluding hydrogens is 230 g/mol. The second-order valence-electron chi connectivity index (χ2n) is 6.11. The second kappa shape index (κ2) is 4.43. The lowest BCUT2D eigenvalue weighted by Crippen LogP contribution is -2.45. The Morgan fingerprint density at radius 1 is 1.50 bits per heavy atom. The van der Waals surface area contributed by atoms with Crippen LogP contribution in [0.2, 0.25) is 0 Å².